The van der Waals surface area contributed by atoms with E-state index in [4.69, 9.17) is 9.53 Å². The summed E-state index contributed by atoms with van der Waals surface area (Å²) in [4.78, 5) is 10.5. The van der Waals surface area contributed by atoms with Crippen molar-refractivity contribution in [3.63, 3.8) is 0 Å². The molecule has 0 saturated heterocycles. The highest BCUT2D eigenvalue weighted by Crippen LogP contribution is 2.09. The molecule has 0 saturated carbocycles. The van der Waals surface area contributed by atoms with Crippen molar-refractivity contribution in [3.8, 4) is 0 Å². The first-order valence-corrected chi connectivity index (χ1v) is 7.73. The van der Waals surface area contributed by atoms with Gasteiger partial charge in [0.05, 0.1) is 6.10 Å². The minimum Gasteiger partial charge on any atom is -0.478 e. The van der Waals surface area contributed by atoms with Crippen LogP contribution in [0.5, 0.6) is 0 Å². The summed E-state index contributed by atoms with van der Waals surface area (Å²) in [6.45, 7) is 9.67. The molecule has 1 unspecified atom stereocenters. The number of carboxylic acids is 1. The van der Waals surface area contributed by atoms with Crippen LogP contribution in [0.25, 0.3) is 0 Å². The molecule has 0 aliphatic heterocycles. The van der Waals surface area contributed by atoms with Crippen molar-refractivity contribution >= 4 is 14.3 Å². The average Bonchev–Trinajstić information content (AvgIpc) is 1.81. The number of carbonyl (C=O) groups is 1. The van der Waals surface area contributed by atoms with Crippen LogP contribution in [0.4, 0.5) is 0 Å². The standard InChI is InChI=1S/C9H18O3Si/c1-7(9(10)11)6-8(2)12-13(3,4)5/h6,8H,1-5H3,(H,10,11). The number of rotatable bonds is 4. The van der Waals surface area contributed by atoms with E-state index in [0.29, 0.717) is 5.57 Å². The van der Waals surface area contributed by atoms with E-state index >= 15 is 0 Å². The Morgan fingerprint density at radius 1 is 1.46 bits per heavy atom. The molecule has 1 N–H and O–H groups in total. The number of hydrogen-bond acceptors (Lipinski definition) is 2. The van der Waals surface area contributed by atoms with E-state index in [1.165, 1.54) is 0 Å². The summed E-state index contributed by atoms with van der Waals surface area (Å²) in [6, 6.07) is 0. The van der Waals surface area contributed by atoms with Crippen molar-refractivity contribution < 1.29 is 14.3 Å². The summed E-state index contributed by atoms with van der Waals surface area (Å²) < 4.78 is 5.66. The first-order chi connectivity index (χ1) is 5.72. The number of aliphatic carboxylic acids is 1. The van der Waals surface area contributed by atoms with E-state index in [-0.39, 0.29) is 6.10 Å². The Hall–Kier alpha value is -0.613. The van der Waals surface area contributed by atoms with Gasteiger partial charge in [-0.25, -0.2) is 4.79 Å². The maximum Gasteiger partial charge on any atom is 0.331 e. The Bertz CT molecular complexity index is 215. The molecule has 1 atom stereocenters. The van der Waals surface area contributed by atoms with Crippen molar-refractivity contribution in [1.82, 2.24) is 0 Å². The lowest BCUT2D eigenvalue weighted by Crippen LogP contribution is -2.29. The zero-order chi connectivity index (χ0) is 10.6. The molecule has 0 amide bonds. The molecule has 0 aromatic heterocycles. The second-order valence-electron chi connectivity index (χ2n) is 4.09. The van der Waals surface area contributed by atoms with Crippen molar-refractivity contribution in [2.75, 3.05) is 0 Å². The van der Waals surface area contributed by atoms with E-state index in [1.807, 2.05) is 6.92 Å². The number of hydrogen-bond donors (Lipinski definition) is 1. The van der Waals surface area contributed by atoms with Crippen molar-refractivity contribution in [1.29, 1.82) is 0 Å². The molecular formula is C9H18O3Si. The molecule has 4 heteroatoms. The van der Waals surface area contributed by atoms with Gasteiger partial charge in [0.15, 0.2) is 8.32 Å². The molecule has 0 fully saturated rings. The van der Waals surface area contributed by atoms with Crippen LogP contribution in [0.2, 0.25) is 19.6 Å². The van der Waals surface area contributed by atoms with Crippen LogP contribution in [0.1, 0.15) is 13.8 Å². The smallest absolute Gasteiger partial charge is 0.331 e. The molecular weight excluding hydrogens is 184 g/mol. The van der Waals surface area contributed by atoms with E-state index in [9.17, 15) is 4.79 Å². The molecule has 0 heterocycles. The van der Waals surface area contributed by atoms with Crippen LogP contribution in [0, 0.1) is 0 Å². The second kappa shape index (κ2) is 4.57. The van der Waals surface area contributed by atoms with E-state index in [0.717, 1.165) is 0 Å². The normalized spacial score (nSPS) is 15.6. The molecule has 0 aromatic rings. The molecule has 0 bridgehead atoms. The average molecular weight is 202 g/mol. The largest absolute Gasteiger partial charge is 0.478 e. The Morgan fingerprint density at radius 3 is 2.23 bits per heavy atom. The Morgan fingerprint density at radius 2 is 1.92 bits per heavy atom. The molecule has 0 aliphatic rings. The van der Waals surface area contributed by atoms with Gasteiger partial charge in [0.25, 0.3) is 0 Å². The van der Waals surface area contributed by atoms with Crippen LogP contribution in [0.3, 0.4) is 0 Å². The van der Waals surface area contributed by atoms with Gasteiger partial charge >= 0.3 is 5.97 Å². The van der Waals surface area contributed by atoms with Crippen molar-refractivity contribution in [2.45, 2.75) is 39.6 Å². The fourth-order valence-electron chi connectivity index (χ4n) is 1.02. The summed E-state index contributed by atoms with van der Waals surface area (Å²) in [7, 11) is -1.56. The highest BCUT2D eigenvalue weighted by molar-refractivity contribution is 6.69. The monoisotopic (exact) mass is 202 g/mol. The van der Waals surface area contributed by atoms with E-state index in [2.05, 4.69) is 19.6 Å². The van der Waals surface area contributed by atoms with Gasteiger partial charge < -0.3 is 9.53 Å². The van der Waals surface area contributed by atoms with Crippen LogP contribution in [-0.2, 0) is 9.22 Å². The molecule has 13 heavy (non-hydrogen) atoms. The highest BCUT2D eigenvalue weighted by Gasteiger charge is 2.17. The van der Waals surface area contributed by atoms with Crippen LogP contribution in [0.15, 0.2) is 11.6 Å². The first-order valence-electron chi connectivity index (χ1n) is 4.32. The Balaban J connectivity index is 4.23. The summed E-state index contributed by atoms with van der Waals surface area (Å²) in [5.41, 5.74) is 0.339. The molecule has 3 nitrogen and oxygen atoms in total. The van der Waals surface area contributed by atoms with Crippen molar-refractivity contribution in [2.24, 2.45) is 0 Å². The van der Waals surface area contributed by atoms with Gasteiger partial charge in [-0.1, -0.05) is 0 Å². The second-order valence-corrected chi connectivity index (χ2v) is 8.55. The molecule has 76 valence electrons. The maximum atomic E-state index is 10.5. The zero-order valence-electron chi connectivity index (χ0n) is 8.92. The summed E-state index contributed by atoms with van der Waals surface area (Å²) in [5, 5.41) is 8.62. The Labute approximate surface area is 80.5 Å². The minimum absolute atomic E-state index is 0.109. The molecule has 0 rings (SSSR count). The van der Waals surface area contributed by atoms with Crippen LogP contribution in [-0.4, -0.2) is 25.5 Å². The maximum absolute atomic E-state index is 10.5. The van der Waals surface area contributed by atoms with Crippen LogP contribution >= 0.6 is 0 Å². The Kier molecular flexibility index (Phi) is 4.36. The SMILES string of the molecule is CC(=CC(C)O[Si](C)(C)C)C(=O)O. The van der Waals surface area contributed by atoms with E-state index < -0.39 is 14.3 Å². The van der Waals surface area contributed by atoms with E-state index in [1.54, 1.807) is 13.0 Å². The summed E-state index contributed by atoms with van der Waals surface area (Å²) in [5.74, 6) is -0.883. The van der Waals surface area contributed by atoms with Crippen molar-refractivity contribution in [3.05, 3.63) is 11.6 Å². The minimum atomic E-state index is -1.56. The van der Waals surface area contributed by atoms with Gasteiger partial charge in [-0.3, -0.25) is 0 Å². The predicted octanol–water partition coefficient (Wildman–Crippen LogP) is 2.26. The molecule has 0 aliphatic carbocycles. The van der Waals surface area contributed by atoms with Gasteiger partial charge in [0.1, 0.15) is 0 Å². The van der Waals surface area contributed by atoms with Crippen LogP contribution < -0.4 is 0 Å². The quantitative estimate of drug-likeness (QED) is 0.562. The van der Waals surface area contributed by atoms with Gasteiger partial charge in [0, 0.05) is 5.57 Å². The lowest BCUT2D eigenvalue weighted by molar-refractivity contribution is -0.132. The molecule has 0 radical (unpaired) electrons. The van der Waals surface area contributed by atoms with Gasteiger partial charge in [-0.05, 0) is 39.6 Å². The summed E-state index contributed by atoms with van der Waals surface area (Å²) in [6.07, 6.45) is 1.53. The lowest BCUT2D eigenvalue weighted by Gasteiger charge is -2.21. The first kappa shape index (κ1) is 12.4. The zero-order valence-corrected chi connectivity index (χ0v) is 9.92. The topological polar surface area (TPSA) is 46.5 Å². The summed E-state index contributed by atoms with van der Waals surface area (Å²) >= 11 is 0. The molecule has 0 aromatic carbocycles. The predicted molar refractivity (Wildman–Crippen MR) is 55.3 cm³/mol. The third-order valence-corrected chi connectivity index (χ3v) is 2.44. The number of carboxylic acid groups (broad SMARTS) is 1. The van der Waals surface area contributed by atoms with Gasteiger partial charge in [-0.15, -0.1) is 0 Å². The molecule has 0 spiro atoms. The third kappa shape index (κ3) is 6.54. The lowest BCUT2D eigenvalue weighted by atomic mass is 10.2. The highest BCUT2D eigenvalue weighted by atomic mass is 28.4. The fourth-order valence-corrected chi connectivity index (χ4v) is 2.20. The van der Waals surface area contributed by atoms with Gasteiger partial charge in [0.2, 0.25) is 0 Å². The fraction of sp³-hybridized carbons (Fsp3) is 0.667. The van der Waals surface area contributed by atoms with Gasteiger partial charge in [-0.2, -0.15) is 0 Å². The third-order valence-electron chi connectivity index (χ3n) is 1.36.